The smallest absolute Gasteiger partial charge is 0.338 e. The van der Waals surface area contributed by atoms with Crippen LogP contribution in [0.1, 0.15) is 38.1 Å². The standard InChI is InChI=1S/C16H22N4O5/c1-9(12(21)19-15(24)20-16(2,3)4)25-13(22)10-6-5-7-11(8-10)18-14(17)23/h5-9H,1-4H3,(H3,17,18,23)(H2,19,20,21,24)/t9-/m0/s1. The molecule has 9 heteroatoms. The fraction of sp³-hybridized carbons (Fsp3) is 0.375. The second-order valence-electron chi connectivity index (χ2n) is 6.31. The van der Waals surface area contributed by atoms with Crippen LogP contribution in [0, 0.1) is 0 Å². The number of rotatable bonds is 4. The van der Waals surface area contributed by atoms with Gasteiger partial charge in [-0.05, 0) is 45.9 Å². The number of amides is 5. The average molecular weight is 350 g/mol. The molecule has 0 heterocycles. The number of nitrogens with two attached hydrogens (primary N) is 1. The van der Waals surface area contributed by atoms with Gasteiger partial charge in [-0.3, -0.25) is 10.1 Å². The first-order valence-electron chi connectivity index (χ1n) is 7.48. The van der Waals surface area contributed by atoms with Crippen LogP contribution in [0.2, 0.25) is 0 Å². The zero-order valence-corrected chi connectivity index (χ0v) is 14.5. The molecule has 0 aliphatic rings. The number of anilines is 1. The number of benzene rings is 1. The summed E-state index contributed by atoms with van der Waals surface area (Å²) in [6.07, 6.45) is -1.19. The summed E-state index contributed by atoms with van der Waals surface area (Å²) >= 11 is 0. The van der Waals surface area contributed by atoms with E-state index in [1.165, 1.54) is 31.2 Å². The van der Waals surface area contributed by atoms with E-state index in [1.807, 2.05) is 0 Å². The first-order chi connectivity index (χ1) is 11.5. The first-order valence-corrected chi connectivity index (χ1v) is 7.48. The molecule has 5 N–H and O–H groups in total. The number of hydrogen-bond acceptors (Lipinski definition) is 5. The molecule has 0 aliphatic heterocycles. The van der Waals surface area contributed by atoms with Crippen molar-refractivity contribution in [1.29, 1.82) is 0 Å². The van der Waals surface area contributed by atoms with Gasteiger partial charge in [0.25, 0.3) is 5.91 Å². The molecule has 1 atom stereocenters. The molecule has 0 spiro atoms. The summed E-state index contributed by atoms with van der Waals surface area (Å²) in [7, 11) is 0. The highest BCUT2D eigenvalue weighted by Crippen LogP contribution is 2.12. The normalized spacial score (nSPS) is 11.8. The number of hydrogen-bond donors (Lipinski definition) is 4. The Bertz CT molecular complexity index is 681. The van der Waals surface area contributed by atoms with Crippen molar-refractivity contribution in [2.75, 3.05) is 5.32 Å². The summed E-state index contributed by atoms with van der Waals surface area (Å²) in [4.78, 5) is 46.4. The van der Waals surface area contributed by atoms with Gasteiger partial charge in [0, 0.05) is 11.2 Å². The lowest BCUT2D eigenvalue weighted by Crippen LogP contribution is -2.50. The Kier molecular flexibility index (Phi) is 6.49. The second kappa shape index (κ2) is 8.13. The highest BCUT2D eigenvalue weighted by molar-refractivity contribution is 5.99. The molecule has 0 fully saturated rings. The zero-order chi connectivity index (χ0) is 19.2. The number of primary amides is 1. The number of nitrogens with one attached hydrogen (secondary N) is 3. The SMILES string of the molecule is C[C@H](OC(=O)c1cccc(NC(N)=O)c1)C(=O)NC(=O)NC(C)(C)C. The number of imide groups is 1. The van der Waals surface area contributed by atoms with Crippen LogP contribution in [0.4, 0.5) is 15.3 Å². The van der Waals surface area contributed by atoms with Crippen LogP contribution in [0.3, 0.4) is 0 Å². The summed E-state index contributed by atoms with van der Waals surface area (Å²) in [5.41, 5.74) is 4.91. The summed E-state index contributed by atoms with van der Waals surface area (Å²) in [6.45, 7) is 6.61. The van der Waals surface area contributed by atoms with Crippen molar-refractivity contribution < 1.29 is 23.9 Å². The van der Waals surface area contributed by atoms with E-state index in [0.29, 0.717) is 5.69 Å². The van der Waals surface area contributed by atoms with Gasteiger partial charge in [-0.25, -0.2) is 14.4 Å². The Hall–Kier alpha value is -3.10. The highest BCUT2D eigenvalue weighted by Gasteiger charge is 2.22. The lowest BCUT2D eigenvalue weighted by atomic mass is 10.1. The molecule has 136 valence electrons. The quantitative estimate of drug-likeness (QED) is 0.607. The maximum Gasteiger partial charge on any atom is 0.338 e. The molecule has 9 nitrogen and oxygen atoms in total. The Morgan fingerprint density at radius 2 is 1.80 bits per heavy atom. The predicted molar refractivity (Wildman–Crippen MR) is 91.0 cm³/mol. The van der Waals surface area contributed by atoms with Crippen molar-refractivity contribution in [3.8, 4) is 0 Å². The number of urea groups is 2. The van der Waals surface area contributed by atoms with Gasteiger partial charge in [-0.1, -0.05) is 6.07 Å². The monoisotopic (exact) mass is 350 g/mol. The van der Waals surface area contributed by atoms with Crippen LogP contribution in [0.5, 0.6) is 0 Å². The van der Waals surface area contributed by atoms with Crippen LogP contribution in [0.15, 0.2) is 24.3 Å². The van der Waals surface area contributed by atoms with Gasteiger partial charge in [0.15, 0.2) is 6.10 Å². The summed E-state index contributed by atoms with van der Waals surface area (Å²) in [5, 5.41) is 6.97. The first kappa shape index (κ1) is 19.9. The second-order valence-corrected chi connectivity index (χ2v) is 6.31. The van der Waals surface area contributed by atoms with E-state index in [9.17, 15) is 19.2 Å². The fourth-order valence-corrected chi connectivity index (χ4v) is 1.73. The van der Waals surface area contributed by atoms with E-state index in [2.05, 4.69) is 16.0 Å². The Morgan fingerprint density at radius 1 is 1.16 bits per heavy atom. The number of carbonyl (C=O) groups excluding carboxylic acids is 4. The van der Waals surface area contributed by atoms with Crippen LogP contribution < -0.4 is 21.7 Å². The minimum absolute atomic E-state index is 0.116. The van der Waals surface area contributed by atoms with Gasteiger partial charge in [-0.15, -0.1) is 0 Å². The Balaban J connectivity index is 2.65. The van der Waals surface area contributed by atoms with Crippen molar-refractivity contribution in [2.24, 2.45) is 5.73 Å². The predicted octanol–water partition coefficient (Wildman–Crippen LogP) is 1.35. The minimum atomic E-state index is -1.19. The summed E-state index contributed by atoms with van der Waals surface area (Å²) < 4.78 is 5.01. The van der Waals surface area contributed by atoms with Crippen LogP contribution in [-0.2, 0) is 9.53 Å². The van der Waals surface area contributed by atoms with Gasteiger partial charge >= 0.3 is 18.0 Å². The van der Waals surface area contributed by atoms with E-state index in [0.717, 1.165) is 0 Å². The Labute approximate surface area is 145 Å². The molecular weight excluding hydrogens is 328 g/mol. The number of esters is 1. The van der Waals surface area contributed by atoms with Gasteiger partial charge in [0.05, 0.1) is 5.56 Å². The lowest BCUT2D eigenvalue weighted by Gasteiger charge is -2.21. The molecule has 0 saturated carbocycles. The van der Waals surface area contributed by atoms with E-state index >= 15 is 0 Å². The summed E-state index contributed by atoms with van der Waals surface area (Å²) in [6, 6.07) is 4.39. The topological polar surface area (TPSA) is 140 Å². The van der Waals surface area contributed by atoms with E-state index in [-0.39, 0.29) is 5.56 Å². The molecular formula is C16H22N4O5. The van der Waals surface area contributed by atoms with Crippen molar-refractivity contribution >= 4 is 29.6 Å². The summed E-state index contributed by atoms with van der Waals surface area (Å²) in [5.74, 6) is -1.55. The highest BCUT2D eigenvalue weighted by atomic mass is 16.5. The minimum Gasteiger partial charge on any atom is -0.449 e. The van der Waals surface area contributed by atoms with Gasteiger partial charge in [0.1, 0.15) is 0 Å². The lowest BCUT2D eigenvalue weighted by molar-refractivity contribution is -0.127. The van der Waals surface area contributed by atoms with E-state index in [4.69, 9.17) is 10.5 Å². The van der Waals surface area contributed by atoms with Gasteiger partial charge < -0.3 is 21.1 Å². The molecule has 1 aromatic rings. The maximum absolute atomic E-state index is 12.1. The fourth-order valence-electron chi connectivity index (χ4n) is 1.73. The van der Waals surface area contributed by atoms with Crippen molar-refractivity contribution in [1.82, 2.24) is 10.6 Å². The molecule has 1 rings (SSSR count). The molecule has 0 saturated heterocycles. The average Bonchev–Trinajstić information content (AvgIpc) is 2.44. The number of ether oxygens (including phenoxy) is 1. The third-order valence-electron chi connectivity index (χ3n) is 2.74. The van der Waals surface area contributed by atoms with Gasteiger partial charge in [0.2, 0.25) is 0 Å². The maximum atomic E-state index is 12.1. The largest absolute Gasteiger partial charge is 0.449 e. The van der Waals surface area contributed by atoms with Crippen LogP contribution in [0.25, 0.3) is 0 Å². The Morgan fingerprint density at radius 3 is 2.36 bits per heavy atom. The van der Waals surface area contributed by atoms with Crippen LogP contribution in [-0.4, -0.2) is 35.6 Å². The van der Waals surface area contributed by atoms with Crippen LogP contribution >= 0.6 is 0 Å². The zero-order valence-electron chi connectivity index (χ0n) is 14.5. The number of carbonyl (C=O) groups is 4. The van der Waals surface area contributed by atoms with Crippen molar-refractivity contribution in [2.45, 2.75) is 39.3 Å². The molecule has 5 amide bonds. The molecule has 0 aromatic heterocycles. The van der Waals surface area contributed by atoms with Gasteiger partial charge in [-0.2, -0.15) is 0 Å². The van der Waals surface area contributed by atoms with Crippen molar-refractivity contribution in [3.63, 3.8) is 0 Å². The molecule has 0 bridgehead atoms. The molecule has 0 aliphatic carbocycles. The van der Waals surface area contributed by atoms with Crippen molar-refractivity contribution in [3.05, 3.63) is 29.8 Å². The molecule has 0 unspecified atom stereocenters. The van der Waals surface area contributed by atoms with E-state index < -0.39 is 35.6 Å². The molecule has 25 heavy (non-hydrogen) atoms. The third kappa shape index (κ3) is 7.34. The van der Waals surface area contributed by atoms with E-state index in [1.54, 1.807) is 20.8 Å². The third-order valence-corrected chi connectivity index (χ3v) is 2.74. The molecule has 1 aromatic carbocycles. The molecule has 0 radical (unpaired) electrons.